The van der Waals surface area contributed by atoms with E-state index >= 15 is 0 Å². The summed E-state index contributed by atoms with van der Waals surface area (Å²) in [5, 5.41) is 23.9. The van der Waals surface area contributed by atoms with Gasteiger partial charge < -0.3 is 25.0 Å². The van der Waals surface area contributed by atoms with E-state index in [0.29, 0.717) is 16.5 Å². The summed E-state index contributed by atoms with van der Waals surface area (Å²) in [6, 6.07) is 22.7. The molecule has 3 N–H and O–H groups in total. The molecule has 0 aliphatic carbocycles. The minimum atomic E-state index is -0.989. The van der Waals surface area contributed by atoms with Gasteiger partial charge in [-0.1, -0.05) is 24.3 Å². The fourth-order valence-electron chi connectivity index (χ4n) is 4.24. The molecule has 1 saturated heterocycles. The lowest BCUT2D eigenvalue weighted by Crippen LogP contribution is -2.30. The molecule has 0 spiro atoms. The Morgan fingerprint density at radius 3 is 2.58 bits per heavy atom. The second-order valence-electron chi connectivity index (χ2n) is 7.64. The average molecular weight is 457 g/mol. The van der Waals surface area contributed by atoms with Gasteiger partial charge in [0, 0.05) is 23.8 Å². The predicted molar refractivity (Wildman–Crippen MR) is 129 cm³/mol. The Morgan fingerprint density at radius 2 is 1.82 bits per heavy atom. The van der Waals surface area contributed by atoms with Gasteiger partial charge in [0.05, 0.1) is 23.0 Å². The van der Waals surface area contributed by atoms with E-state index in [1.807, 2.05) is 64.2 Å². The van der Waals surface area contributed by atoms with Crippen LogP contribution < -0.4 is 10.2 Å². The smallest absolute Gasteiger partial charge is 0.335 e. The largest absolute Gasteiger partial charge is 0.506 e. The zero-order chi connectivity index (χ0) is 22.9. The van der Waals surface area contributed by atoms with E-state index in [4.69, 9.17) is 12.2 Å². The number of para-hydroxylation sites is 2. The van der Waals surface area contributed by atoms with Crippen LogP contribution in [-0.2, 0) is 0 Å². The predicted octanol–water partition coefficient (Wildman–Crippen LogP) is 4.45. The molecule has 3 heterocycles. The number of hydrogen-bond donors (Lipinski definition) is 3. The van der Waals surface area contributed by atoms with Gasteiger partial charge in [-0.15, -0.1) is 0 Å². The molecule has 8 heteroatoms. The van der Waals surface area contributed by atoms with E-state index in [2.05, 4.69) is 10.3 Å². The SMILES string of the molecule is O=C(O)c1cccc(-n2cccc2[C@@H]2[C@@H](c3ccccn3)NC(=S)N2c2ccccc2O)c1. The number of carbonyl (C=O) groups is 1. The maximum atomic E-state index is 11.5. The molecule has 33 heavy (non-hydrogen) atoms. The van der Waals surface area contributed by atoms with Gasteiger partial charge in [-0.3, -0.25) is 4.98 Å². The van der Waals surface area contributed by atoms with Crippen molar-refractivity contribution >= 4 is 29.0 Å². The lowest BCUT2D eigenvalue weighted by molar-refractivity contribution is 0.0697. The standard InChI is InChI=1S/C25H20N4O3S/c30-21-12-2-1-10-19(21)29-23(22(27-25(29)33)18-9-3-4-13-26-18)20-11-6-14-28(20)17-8-5-7-16(15-17)24(31)32/h1-15,22-23,30H,(H,27,33)(H,31,32)/t22-,23-/m1/s1. The van der Waals surface area contributed by atoms with Gasteiger partial charge >= 0.3 is 5.97 Å². The molecule has 5 rings (SSSR count). The number of carboxylic acid groups (broad SMARTS) is 1. The van der Waals surface area contributed by atoms with E-state index in [9.17, 15) is 15.0 Å². The van der Waals surface area contributed by atoms with Crippen molar-refractivity contribution in [1.82, 2.24) is 14.9 Å². The van der Waals surface area contributed by atoms with E-state index in [1.165, 1.54) is 0 Å². The number of pyridine rings is 1. The molecule has 0 radical (unpaired) electrons. The summed E-state index contributed by atoms with van der Waals surface area (Å²) in [7, 11) is 0. The Morgan fingerprint density at radius 1 is 1.00 bits per heavy atom. The number of nitrogens with one attached hydrogen (secondary N) is 1. The number of carboxylic acids is 1. The third kappa shape index (κ3) is 3.70. The molecule has 0 unspecified atom stereocenters. The third-order valence-corrected chi connectivity index (χ3v) is 6.01. The van der Waals surface area contributed by atoms with Crippen molar-refractivity contribution in [3.05, 3.63) is 108 Å². The molecule has 0 saturated carbocycles. The lowest BCUT2D eigenvalue weighted by Gasteiger charge is -2.29. The van der Waals surface area contributed by atoms with Gasteiger partial charge in [-0.05, 0) is 66.8 Å². The van der Waals surface area contributed by atoms with Crippen molar-refractivity contribution in [2.45, 2.75) is 12.1 Å². The minimum Gasteiger partial charge on any atom is -0.506 e. The topological polar surface area (TPSA) is 90.6 Å². The molecule has 1 aliphatic heterocycles. The number of phenols is 1. The highest BCUT2D eigenvalue weighted by Crippen LogP contribution is 2.44. The fourth-order valence-corrected chi connectivity index (χ4v) is 4.58. The Labute approximate surface area is 195 Å². The van der Waals surface area contributed by atoms with E-state index < -0.39 is 5.97 Å². The number of phenolic OH excluding ortho intramolecular Hbond substituents is 1. The molecule has 7 nitrogen and oxygen atoms in total. The summed E-state index contributed by atoms with van der Waals surface area (Å²) < 4.78 is 1.94. The zero-order valence-electron chi connectivity index (χ0n) is 17.4. The van der Waals surface area contributed by atoms with Gasteiger partial charge in [0.2, 0.25) is 0 Å². The number of aromatic nitrogens is 2. The second-order valence-corrected chi connectivity index (χ2v) is 8.03. The number of aromatic hydroxyl groups is 1. The van der Waals surface area contributed by atoms with Crippen LogP contribution in [0.4, 0.5) is 5.69 Å². The Bertz CT molecular complexity index is 1340. The highest BCUT2D eigenvalue weighted by atomic mass is 32.1. The van der Waals surface area contributed by atoms with Crippen LogP contribution in [0.1, 0.15) is 33.8 Å². The lowest BCUT2D eigenvalue weighted by atomic mass is 10.0. The molecular weight excluding hydrogens is 436 g/mol. The minimum absolute atomic E-state index is 0.110. The molecule has 0 bridgehead atoms. The van der Waals surface area contributed by atoms with Gasteiger partial charge in [-0.25, -0.2) is 4.79 Å². The van der Waals surface area contributed by atoms with Crippen molar-refractivity contribution in [1.29, 1.82) is 0 Å². The quantitative estimate of drug-likeness (QED) is 0.382. The first kappa shape index (κ1) is 20.7. The maximum Gasteiger partial charge on any atom is 0.335 e. The molecule has 164 valence electrons. The molecule has 1 aliphatic rings. The van der Waals surface area contributed by atoms with Crippen LogP contribution in [-0.4, -0.2) is 30.8 Å². The van der Waals surface area contributed by atoms with Crippen molar-refractivity contribution in [2.24, 2.45) is 0 Å². The van der Waals surface area contributed by atoms with Crippen molar-refractivity contribution in [3.8, 4) is 11.4 Å². The first-order chi connectivity index (χ1) is 16.0. The van der Waals surface area contributed by atoms with E-state index in [-0.39, 0.29) is 23.4 Å². The first-order valence-electron chi connectivity index (χ1n) is 10.3. The Hall–Kier alpha value is -4.17. The molecule has 2 aromatic carbocycles. The fraction of sp³-hybridized carbons (Fsp3) is 0.0800. The summed E-state index contributed by atoms with van der Waals surface area (Å²) >= 11 is 5.71. The molecule has 4 aromatic rings. The van der Waals surface area contributed by atoms with Gasteiger partial charge in [0.1, 0.15) is 11.8 Å². The maximum absolute atomic E-state index is 11.5. The zero-order valence-corrected chi connectivity index (χ0v) is 18.2. The van der Waals surface area contributed by atoms with E-state index in [0.717, 1.165) is 11.4 Å². The molecule has 2 atom stereocenters. The number of hydrogen-bond acceptors (Lipinski definition) is 4. The molecule has 1 fully saturated rings. The first-order valence-corrected chi connectivity index (χ1v) is 10.7. The number of anilines is 1. The van der Waals surface area contributed by atoms with Crippen molar-refractivity contribution in [2.75, 3.05) is 4.90 Å². The Balaban J connectivity index is 1.68. The van der Waals surface area contributed by atoms with Crippen LogP contribution in [0.2, 0.25) is 0 Å². The van der Waals surface area contributed by atoms with E-state index in [1.54, 1.807) is 36.5 Å². The van der Waals surface area contributed by atoms with Crippen LogP contribution in [0, 0.1) is 0 Å². The molecule has 2 aromatic heterocycles. The highest BCUT2D eigenvalue weighted by Gasteiger charge is 2.42. The monoisotopic (exact) mass is 456 g/mol. The number of thiocarbonyl (C=S) groups is 1. The second kappa shape index (κ2) is 8.40. The van der Waals surface area contributed by atoms with Crippen LogP contribution >= 0.6 is 12.2 Å². The van der Waals surface area contributed by atoms with Gasteiger partial charge in [0.15, 0.2) is 5.11 Å². The average Bonchev–Trinajstić information content (AvgIpc) is 3.44. The number of rotatable bonds is 5. The highest BCUT2D eigenvalue weighted by molar-refractivity contribution is 7.80. The number of nitrogens with zero attached hydrogens (tertiary/aromatic N) is 3. The van der Waals surface area contributed by atoms with Crippen molar-refractivity contribution < 1.29 is 15.0 Å². The summed E-state index contributed by atoms with van der Waals surface area (Å²) in [5.74, 6) is -0.879. The third-order valence-electron chi connectivity index (χ3n) is 5.69. The normalized spacial score (nSPS) is 17.7. The van der Waals surface area contributed by atoms with Gasteiger partial charge in [0.25, 0.3) is 0 Å². The summed E-state index contributed by atoms with van der Waals surface area (Å²) in [6.07, 6.45) is 3.62. The Kier molecular flexibility index (Phi) is 5.27. The molecular formula is C25H20N4O3S. The van der Waals surface area contributed by atoms with Crippen LogP contribution in [0.25, 0.3) is 5.69 Å². The summed E-state index contributed by atoms with van der Waals surface area (Å²) in [5.41, 5.74) is 3.15. The summed E-state index contributed by atoms with van der Waals surface area (Å²) in [4.78, 5) is 18.0. The number of aromatic carboxylic acids is 1. The van der Waals surface area contributed by atoms with Crippen LogP contribution in [0.15, 0.2) is 91.3 Å². The van der Waals surface area contributed by atoms with Gasteiger partial charge in [-0.2, -0.15) is 0 Å². The van der Waals surface area contributed by atoms with Crippen LogP contribution in [0.3, 0.4) is 0 Å². The molecule has 0 amide bonds. The number of benzene rings is 2. The van der Waals surface area contributed by atoms with Crippen molar-refractivity contribution in [3.63, 3.8) is 0 Å². The summed E-state index contributed by atoms with van der Waals surface area (Å²) in [6.45, 7) is 0. The van der Waals surface area contributed by atoms with Crippen LogP contribution in [0.5, 0.6) is 5.75 Å².